The third kappa shape index (κ3) is 2.51. The maximum Gasteiger partial charge on any atom is 0.204 e. The van der Waals surface area contributed by atoms with Crippen molar-refractivity contribution in [2.24, 2.45) is 12.1 Å². The largest absolute Gasteiger partial charge is 0.339 e. The van der Waals surface area contributed by atoms with Gasteiger partial charge in [0, 0.05) is 18.3 Å². The van der Waals surface area contributed by atoms with Crippen LogP contribution in [0.1, 0.15) is 17.0 Å². The summed E-state index contributed by atoms with van der Waals surface area (Å²) in [4.78, 5) is 4.44. The van der Waals surface area contributed by atoms with E-state index in [-0.39, 0.29) is 0 Å². The van der Waals surface area contributed by atoms with Crippen LogP contribution < -0.4 is 5.43 Å². The minimum Gasteiger partial charge on any atom is -0.339 e. The van der Waals surface area contributed by atoms with Gasteiger partial charge in [0.05, 0.1) is 16.4 Å². The number of hydrogen-bond donors (Lipinski definition) is 1. The maximum absolute atomic E-state index is 9.00. The molecule has 1 aromatic carbocycles. The first-order chi connectivity index (χ1) is 10.2. The number of rotatable bonds is 3. The van der Waals surface area contributed by atoms with Crippen molar-refractivity contribution >= 4 is 32.9 Å². The fraction of sp³-hybridized carbons (Fsp3) is 0.133. The lowest BCUT2D eigenvalue weighted by molar-refractivity contribution is 0.865. The first-order valence-electron chi connectivity index (χ1n) is 6.40. The number of fused-ring (bicyclic) bond motifs is 1. The second kappa shape index (κ2) is 5.38. The lowest BCUT2D eigenvalue weighted by Crippen LogP contribution is -1.95. The third-order valence-electron chi connectivity index (χ3n) is 3.35. The first-order valence-corrected chi connectivity index (χ1v) is 7.22. The molecule has 0 bridgehead atoms. The molecule has 0 atom stereocenters. The molecule has 2 aromatic heterocycles. The van der Waals surface area contributed by atoms with E-state index >= 15 is 0 Å². The summed E-state index contributed by atoms with van der Waals surface area (Å²) < 4.78 is 2.97. The topological polar surface area (TPSA) is 66.0 Å². The molecule has 0 aliphatic carbocycles. The van der Waals surface area contributed by atoms with E-state index in [1.165, 1.54) is 0 Å². The van der Waals surface area contributed by atoms with E-state index < -0.39 is 0 Å². The average molecular weight is 295 g/mol. The molecule has 6 heteroatoms. The number of para-hydroxylation sites is 1. The van der Waals surface area contributed by atoms with E-state index in [0.29, 0.717) is 5.69 Å². The quantitative estimate of drug-likeness (QED) is 0.596. The summed E-state index contributed by atoms with van der Waals surface area (Å²) in [6, 6.07) is 11.9. The van der Waals surface area contributed by atoms with Crippen molar-refractivity contribution in [2.75, 3.05) is 5.43 Å². The van der Waals surface area contributed by atoms with Crippen LogP contribution in [0, 0.1) is 18.3 Å². The Morgan fingerprint density at radius 1 is 1.43 bits per heavy atom. The highest BCUT2D eigenvalue weighted by atomic mass is 32.1. The van der Waals surface area contributed by atoms with Gasteiger partial charge < -0.3 is 4.57 Å². The molecule has 1 N–H and O–H groups in total. The monoisotopic (exact) mass is 295 g/mol. The third-order valence-corrected chi connectivity index (χ3v) is 4.29. The van der Waals surface area contributed by atoms with E-state index in [4.69, 9.17) is 5.26 Å². The molecule has 0 unspecified atom stereocenters. The number of anilines is 1. The minimum atomic E-state index is 0.619. The Morgan fingerprint density at radius 2 is 2.24 bits per heavy atom. The molecule has 5 nitrogen and oxygen atoms in total. The molecular weight excluding hydrogens is 282 g/mol. The minimum absolute atomic E-state index is 0.619. The van der Waals surface area contributed by atoms with Gasteiger partial charge >= 0.3 is 0 Å². The zero-order valence-corrected chi connectivity index (χ0v) is 12.5. The maximum atomic E-state index is 9.00. The molecular formula is C15H13N5S. The number of nitrogens with zero attached hydrogens (tertiary/aromatic N) is 4. The van der Waals surface area contributed by atoms with Crippen molar-refractivity contribution in [3.8, 4) is 6.07 Å². The Labute approximate surface area is 126 Å². The fourth-order valence-corrected chi connectivity index (χ4v) is 2.85. The molecule has 0 fully saturated rings. The highest BCUT2D eigenvalue weighted by molar-refractivity contribution is 7.22. The van der Waals surface area contributed by atoms with E-state index in [9.17, 15) is 0 Å². The fourth-order valence-electron chi connectivity index (χ4n) is 2.04. The second-order valence-electron chi connectivity index (χ2n) is 4.60. The molecule has 104 valence electrons. The molecule has 0 saturated carbocycles. The predicted molar refractivity (Wildman–Crippen MR) is 85.7 cm³/mol. The van der Waals surface area contributed by atoms with Crippen LogP contribution in [0.4, 0.5) is 5.13 Å². The Hall–Kier alpha value is -2.65. The normalized spacial score (nSPS) is 11.1. The summed E-state index contributed by atoms with van der Waals surface area (Å²) in [5, 5.41) is 14.0. The predicted octanol–water partition coefficient (Wildman–Crippen LogP) is 3.26. The van der Waals surface area contributed by atoms with Crippen molar-refractivity contribution in [3.63, 3.8) is 0 Å². The average Bonchev–Trinajstić information content (AvgIpc) is 3.02. The van der Waals surface area contributed by atoms with E-state index in [2.05, 4.69) is 21.6 Å². The Kier molecular flexibility index (Phi) is 3.42. The van der Waals surface area contributed by atoms with Crippen LogP contribution in [-0.2, 0) is 7.05 Å². The summed E-state index contributed by atoms with van der Waals surface area (Å²) >= 11 is 1.56. The standard InChI is InChI=1S/C15H13N5S/c1-10-11(7-12(8-16)20(10)2)9-17-19-15-18-13-5-3-4-6-14(13)21-15/h3-7,9H,1-2H3,(H,18,19). The summed E-state index contributed by atoms with van der Waals surface area (Å²) in [7, 11) is 1.87. The summed E-state index contributed by atoms with van der Waals surface area (Å²) in [5.41, 5.74) is 6.44. The number of hydrazone groups is 1. The molecule has 0 spiro atoms. The van der Waals surface area contributed by atoms with Gasteiger partial charge in [-0.15, -0.1) is 0 Å². The first kappa shape index (κ1) is 13.3. The van der Waals surface area contributed by atoms with Crippen LogP contribution in [0.25, 0.3) is 10.2 Å². The van der Waals surface area contributed by atoms with Crippen molar-refractivity contribution < 1.29 is 0 Å². The molecule has 21 heavy (non-hydrogen) atoms. The lowest BCUT2D eigenvalue weighted by atomic mass is 10.3. The van der Waals surface area contributed by atoms with Crippen LogP contribution in [0.5, 0.6) is 0 Å². The number of hydrogen-bond acceptors (Lipinski definition) is 5. The summed E-state index contributed by atoms with van der Waals surface area (Å²) in [6.45, 7) is 1.96. The Morgan fingerprint density at radius 3 is 2.95 bits per heavy atom. The van der Waals surface area contributed by atoms with E-state index in [1.54, 1.807) is 17.6 Å². The van der Waals surface area contributed by atoms with Gasteiger partial charge in [-0.2, -0.15) is 10.4 Å². The van der Waals surface area contributed by atoms with Crippen molar-refractivity contribution in [2.45, 2.75) is 6.92 Å². The Bertz CT molecular complexity index is 833. The van der Waals surface area contributed by atoms with Crippen molar-refractivity contribution in [3.05, 3.63) is 47.3 Å². The molecule has 3 aromatic rings. The Balaban J connectivity index is 1.79. The van der Waals surface area contributed by atoms with Crippen LogP contribution in [-0.4, -0.2) is 15.8 Å². The number of thiazole rings is 1. The number of nitrogens with one attached hydrogen (secondary N) is 1. The van der Waals surface area contributed by atoms with Gasteiger partial charge in [-0.1, -0.05) is 23.5 Å². The summed E-state index contributed by atoms with van der Waals surface area (Å²) in [5.74, 6) is 0. The molecule has 0 aliphatic rings. The molecule has 0 radical (unpaired) electrons. The highest BCUT2D eigenvalue weighted by Gasteiger charge is 2.06. The van der Waals surface area contributed by atoms with Gasteiger partial charge in [-0.25, -0.2) is 4.98 Å². The van der Waals surface area contributed by atoms with Crippen LogP contribution in [0.2, 0.25) is 0 Å². The smallest absolute Gasteiger partial charge is 0.204 e. The van der Waals surface area contributed by atoms with Crippen molar-refractivity contribution in [1.29, 1.82) is 5.26 Å². The van der Waals surface area contributed by atoms with Gasteiger partial charge in [-0.05, 0) is 25.1 Å². The van der Waals surface area contributed by atoms with Gasteiger partial charge in [0.15, 0.2) is 0 Å². The van der Waals surface area contributed by atoms with Gasteiger partial charge in [0.2, 0.25) is 5.13 Å². The molecule has 0 saturated heterocycles. The van der Waals surface area contributed by atoms with E-state index in [0.717, 1.165) is 26.6 Å². The lowest BCUT2D eigenvalue weighted by Gasteiger charge is -1.97. The number of aromatic nitrogens is 2. The summed E-state index contributed by atoms with van der Waals surface area (Å²) in [6.07, 6.45) is 1.71. The van der Waals surface area contributed by atoms with Crippen LogP contribution in [0.15, 0.2) is 35.4 Å². The SMILES string of the molecule is Cc1c(C=NNc2nc3ccccc3s2)cc(C#N)n1C. The highest BCUT2D eigenvalue weighted by Crippen LogP contribution is 2.25. The second-order valence-corrected chi connectivity index (χ2v) is 5.63. The molecule has 3 rings (SSSR count). The van der Waals surface area contributed by atoms with Gasteiger partial charge in [0.1, 0.15) is 11.8 Å². The van der Waals surface area contributed by atoms with Crippen LogP contribution >= 0.6 is 11.3 Å². The van der Waals surface area contributed by atoms with Crippen LogP contribution in [0.3, 0.4) is 0 Å². The molecule has 0 aliphatic heterocycles. The van der Waals surface area contributed by atoms with E-state index in [1.807, 2.05) is 48.9 Å². The molecule has 0 amide bonds. The number of nitriles is 1. The number of benzene rings is 1. The van der Waals surface area contributed by atoms with Gasteiger partial charge in [-0.3, -0.25) is 5.43 Å². The molecule has 2 heterocycles. The zero-order chi connectivity index (χ0) is 14.8. The zero-order valence-electron chi connectivity index (χ0n) is 11.7. The van der Waals surface area contributed by atoms with Crippen molar-refractivity contribution in [1.82, 2.24) is 9.55 Å². The van der Waals surface area contributed by atoms with Gasteiger partial charge in [0.25, 0.3) is 0 Å².